The maximum atomic E-state index is 6.00. The summed E-state index contributed by atoms with van der Waals surface area (Å²) >= 11 is 0. The highest BCUT2D eigenvalue weighted by Gasteiger charge is 2.10. The molecule has 0 radical (unpaired) electrons. The van der Waals surface area contributed by atoms with E-state index < -0.39 is 0 Å². The summed E-state index contributed by atoms with van der Waals surface area (Å²) in [6.07, 6.45) is 0. The van der Waals surface area contributed by atoms with Gasteiger partial charge in [-0.1, -0.05) is 12.1 Å². The average Bonchev–Trinajstić information content (AvgIpc) is 2.46. The largest absolute Gasteiger partial charge is 0.399 e. The van der Waals surface area contributed by atoms with Crippen molar-refractivity contribution in [2.45, 2.75) is 27.7 Å². The van der Waals surface area contributed by atoms with Crippen LogP contribution in [0, 0.1) is 27.7 Å². The van der Waals surface area contributed by atoms with E-state index >= 15 is 0 Å². The van der Waals surface area contributed by atoms with Gasteiger partial charge in [-0.25, -0.2) is 0 Å². The lowest BCUT2D eigenvalue weighted by Crippen LogP contribution is -1.98. The molecule has 4 nitrogen and oxygen atoms in total. The lowest BCUT2D eigenvalue weighted by Gasteiger charge is -2.15. The number of hydrogen-bond acceptors (Lipinski definition) is 4. The molecule has 0 atom stereocenters. The van der Waals surface area contributed by atoms with Gasteiger partial charge in [0.15, 0.2) is 0 Å². The quantitative estimate of drug-likeness (QED) is 0.362. The second-order valence-electron chi connectivity index (χ2n) is 4.90. The minimum Gasteiger partial charge on any atom is -0.399 e. The Hall–Kier alpha value is -2.04. The molecule has 2 aromatic carbocycles. The van der Waals surface area contributed by atoms with Gasteiger partial charge < -0.3 is 11.5 Å². The second kappa shape index (κ2) is 6.41. The Labute approximate surface area is 119 Å². The van der Waals surface area contributed by atoms with Crippen molar-refractivity contribution < 1.29 is 10.5 Å². The molecule has 0 aromatic heterocycles. The summed E-state index contributed by atoms with van der Waals surface area (Å²) < 4.78 is 0. The summed E-state index contributed by atoms with van der Waals surface area (Å²) in [6, 6.07) is 8.14. The maximum absolute atomic E-state index is 6.00. The Morgan fingerprint density at radius 1 is 0.600 bits per heavy atom. The zero-order valence-corrected chi connectivity index (χ0v) is 12.4. The molecule has 0 heterocycles. The zero-order chi connectivity index (χ0) is 15.4. The van der Waals surface area contributed by atoms with E-state index in [1.807, 2.05) is 12.1 Å². The average molecular weight is 274 g/mol. The van der Waals surface area contributed by atoms with Gasteiger partial charge in [-0.15, -0.1) is 0 Å². The topological polar surface area (TPSA) is 92.5 Å². The van der Waals surface area contributed by atoms with Crippen molar-refractivity contribution in [2.24, 2.45) is 0 Å². The Bertz CT molecular complexity index is 567. The van der Waals surface area contributed by atoms with E-state index in [2.05, 4.69) is 39.8 Å². The fourth-order valence-electron chi connectivity index (χ4n) is 2.27. The van der Waals surface area contributed by atoms with Crippen LogP contribution in [0.2, 0.25) is 0 Å². The van der Waals surface area contributed by atoms with Gasteiger partial charge in [-0.3, -0.25) is 10.5 Å². The van der Waals surface area contributed by atoms with Gasteiger partial charge in [0.1, 0.15) is 0 Å². The third-order valence-corrected chi connectivity index (χ3v) is 3.95. The van der Waals surface area contributed by atoms with Crippen LogP contribution in [0.4, 0.5) is 11.4 Å². The van der Waals surface area contributed by atoms with Crippen molar-refractivity contribution >= 4 is 11.4 Å². The Morgan fingerprint density at radius 2 is 0.900 bits per heavy atom. The van der Waals surface area contributed by atoms with E-state index in [4.69, 9.17) is 22.0 Å². The molecule has 0 saturated heterocycles. The van der Waals surface area contributed by atoms with Gasteiger partial charge >= 0.3 is 0 Å². The molecule has 0 aliphatic heterocycles. The van der Waals surface area contributed by atoms with Crippen molar-refractivity contribution in [3.63, 3.8) is 0 Å². The maximum Gasteiger partial charge on any atom is 0.0346 e. The molecule has 0 bridgehead atoms. The first kappa shape index (κ1) is 16.0. The van der Waals surface area contributed by atoms with Crippen molar-refractivity contribution in [3.8, 4) is 11.1 Å². The molecule has 0 aliphatic rings. The number of anilines is 2. The molecular formula is C16H22N2O2. The van der Waals surface area contributed by atoms with E-state index in [-0.39, 0.29) is 0 Å². The molecule has 0 amide bonds. The summed E-state index contributed by atoms with van der Waals surface area (Å²) in [5.41, 5.74) is 20.8. The number of benzene rings is 2. The predicted molar refractivity (Wildman–Crippen MR) is 84.9 cm³/mol. The molecule has 0 aliphatic carbocycles. The minimum absolute atomic E-state index is 0.848. The summed E-state index contributed by atoms with van der Waals surface area (Å²) in [4.78, 5) is 0. The fraction of sp³-hybridized carbons (Fsp3) is 0.250. The van der Waals surface area contributed by atoms with Crippen LogP contribution < -0.4 is 11.5 Å². The standard InChI is InChI=1S/C16H20N2.H2O2/c1-9-11(3)15(17)7-5-13(9)14-6-8-16(18)12(4)10(14)2;1-2/h5-8H,17-18H2,1-4H3;1-2H. The van der Waals surface area contributed by atoms with Crippen LogP contribution in [-0.2, 0) is 0 Å². The Morgan fingerprint density at radius 3 is 1.20 bits per heavy atom. The first-order valence-corrected chi connectivity index (χ1v) is 6.35. The van der Waals surface area contributed by atoms with Crippen LogP contribution in [0.1, 0.15) is 22.3 Å². The highest BCUT2D eigenvalue weighted by Crippen LogP contribution is 2.33. The third kappa shape index (κ3) is 2.76. The normalized spacial score (nSPS) is 9.90. The van der Waals surface area contributed by atoms with Gasteiger partial charge in [0.2, 0.25) is 0 Å². The molecule has 6 N–H and O–H groups in total. The van der Waals surface area contributed by atoms with Gasteiger partial charge in [-0.2, -0.15) is 0 Å². The lowest BCUT2D eigenvalue weighted by molar-refractivity contribution is -0.176. The molecule has 2 rings (SSSR count). The van der Waals surface area contributed by atoms with E-state index in [0.717, 1.165) is 22.5 Å². The molecule has 2 aromatic rings. The molecule has 0 spiro atoms. The van der Waals surface area contributed by atoms with E-state index in [9.17, 15) is 0 Å². The first-order valence-electron chi connectivity index (χ1n) is 6.35. The summed E-state index contributed by atoms with van der Waals surface area (Å²) in [6.45, 7) is 8.36. The van der Waals surface area contributed by atoms with Gasteiger partial charge in [-0.05, 0) is 73.2 Å². The SMILES string of the molecule is Cc1c(N)ccc(-c2ccc(N)c(C)c2C)c1C.OO. The van der Waals surface area contributed by atoms with Crippen molar-refractivity contribution in [3.05, 3.63) is 46.5 Å². The Kier molecular flexibility index (Phi) is 5.13. The van der Waals surface area contributed by atoms with E-state index in [0.29, 0.717) is 0 Å². The van der Waals surface area contributed by atoms with Gasteiger partial charge in [0, 0.05) is 11.4 Å². The first-order chi connectivity index (χ1) is 9.43. The lowest BCUT2D eigenvalue weighted by atomic mass is 9.91. The minimum atomic E-state index is 0.848. The van der Waals surface area contributed by atoms with Crippen LogP contribution in [0.5, 0.6) is 0 Å². The number of nitrogens with two attached hydrogens (primary N) is 2. The van der Waals surface area contributed by atoms with Crippen LogP contribution in [-0.4, -0.2) is 10.5 Å². The van der Waals surface area contributed by atoms with E-state index in [1.165, 1.54) is 22.3 Å². The smallest absolute Gasteiger partial charge is 0.0346 e. The monoisotopic (exact) mass is 274 g/mol. The third-order valence-electron chi connectivity index (χ3n) is 3.95. The number of nitrogen functional groups attached to an aromatic ring is 2. The molecule has 4 heteroatoms. The predicted octanol–water partition coefficient (Wildman–Crippen LogP) is 3.77. The van der Waals surface area contributed by atoms with Crippen LogP contribution >= 0.6 is 0 Å². The summed E-state index contributed by atoms with van der Waals surface area (Å²) in [5, 5.41) is 12.0. The van der Waals surface area contributed by atoms with E-state index in [1.54, 1.807) is 0 Å². The molecular weight excluding hydrogens is 252 g/mol. The van der Waals surface area contributed by atoms with Gasteiger partial charge in [0.25, 0.3) is 0 Å². The van der Waals surface area contributed by atoms with Crippen LogP contribution in [0.3, 0.4) is 0 Å². The molecule has 0 saturated carbocycles. The second-order valence-corrected chi connectivity index (χ2v) is 4.90. The van der Waals surface area contributed by atoms with Crippen molar-refractivity contribution in [1.82, 2.24) is 0 Å². The van der Waals surface area contributed by atoms with Crippen molar-refractivity contribution in [1.29, 1.82) is 0 Å². The molecule has 108 valence electrons. The molecule has 20 heavy (non-hydrogen) atoms. The highest BCUT2D eigenvalue weighted by atomic mass is 17.0. The summed E-state index contributed by atoms with van der Waals surface area (Å²) in [5.74, 6) is 0. The van der Waals surface area contributed by atoms with Crippen LogP contribution in [0.15, 0.2) is 24.3 Å². The fourth-order valence-corrected chi connectivity index (χ4v) is 2.27. The number of hydrogen-bond donors (Lipinski definition) is 4. The van der Waals surface area contributed by atoms with Crippen LogP contribution in [0.25, 0.3) is 11.1 Å². The number of rotatable bonds is 1. The zero-order valence-electron chi connectivity index (χ0n) is 12.4. The molecule has 0 unspecified atom stereocenters. The highest BCUT2D eigenvalue weighted by molar-refractivity contribution is 5.77. The van der Waals surface area contributed by atoms with Gasteiger partial charge in [0.05, 0.1) is 0 Å². The molecule has 0 fully saturated rings. The summed E-state index contributed by atoms with van der Waals surface area (Å²) in [7, 11) is 0. The van der Waals surface area contributed by atoms with Crippen molar-refractivity contribution in [2.75, 3.05) is 11.5 Å². The Balaban J connectivity index is 0.000000956.